The van der Waals surface area contributed by atoms with Gasteiger partial charge in [-0.25, -0.2) is 0 Å². The van der Waals surface area contributed by atoms with Gasteiger partial charge in [-0.3, -0.25) is 0 Å². The first kappa shape index (κ1) is 17.3. The Morgan fingerprint density at radius 3 is 2.57 bits per heavy atom. The molecule has 0 saturated heterocycles. The fourth-order valence-corrected chi connectivity index (χ4v) is 2.24. The van der Waals surface area contributed by atoms with Crippen LogP contribution in [0.1, 0.15) is 17.2 Å². The van der Waals surface area contributed by atoms with Crippen molar-refractivity contribution in [2.24, 2.45) is 0 Å². The Morgan fingerprint density at radius 2 is 1.87 bits per heavy atom. The van der Waals surface area contributed by atoms with Gasteiger partial charge in [0.1, 0.15) is 6.61 Å². The van der Waals surface area contributed by atoms with Crippen LogP contribution in [-0.4, -0.2) is 37.1 Å². The summed E-state index contributed by atoms with van der Waals surface area (Å²) in [5.41, 5.74) is 1.92. The van der Waals surface area contributed by atoms with Crippen LogP contribution in [-0.2, 0) is 6.54 Å². The molecule has 0 aliphatic rings. The number of nitrogens with one attached hydrogen (secondary N) is 1. The van der Waals surface area contributed by atoms with Crippen LogP contribution < -0.4 is 14.8 Å². The van der Waals surface area contributed by atoms with Crippen LogP contribution in [0, 0.1) is 0 Å². The smallest absolute Gasteiger partial charge is 0.161 e. The number of benzene rings is 2. The molecule has 23 heavy (non-hydrogen) atoms. The molecule has 2 rings (SSSR count). The van der Waals surface area contributed by atoms with Crippen molar-refractivity contribution in [3.63, 3.8) is 0 Å². The Morgan fingerprint density at radius 1 is 1.09 bits per heavy atom. The Balaban J connectivity index is 1.88. The summed E-state index contributed by atoms with van der Waals surface area (Å²) in [5.74, 6) is 1.23. The summed E-state index contributed by atoms with van der Waals surface area (Å²) in [4.78, 5) is 0. The van der Waals surface area contributed by atoms with Gasteiger partial charge in [0, 0.05) is 13.1 Å². The van der Waals surface area contributed by atoms with Crippen molar-refractivity contribution in [3.8, 4) is 11.5 Å². The maximum Gasteiger partial charge on any atom is 0.161 e. The molecule has 0 aromatic heterocycles. The van der Waals surface area contributed by atoms with Gasteiger partial charge < -0.3 is 25.0 Å². The first-order valence-electron chi connectivity index (χ1n) is 7.59. The summed E-state index contributed by atoms with van der Waals surface area (Å²) in [6, 6.07) is 15.2. The van der Waals surface area contributed by atoms with Crippen LogP contribution in [0.15, 0.2) is 48.5 Å². The fourth-order valence-electron chi connectivity index (χ4n) is 2.24. The Bertz CT molecular complexity index is 589. The number of hydrogen-bond acceptors (Lipinski definition) is 5. The maximum atomic E-state index is 10.1. The molecule has 0 unspecified atom stereocenters. The molecule has 0 fully saturated rings. The zero-order chi connectivity index (χ0) is 16.5. The molecule has 2 aromatic rings. The van der Waals surface area contributed by atoms with E-state index in [1.54, 1.807) is 7.11 Å². The van der Waals surface area contributed by atoms with Gasteiger partial charge in [0.05, 0.1) is 19.8 Å². The van der Waals surface area contributed by atoms with E-state index in [-0.39, 0.29) is 13.2 Å². The van der Waals surface area contributed by atoms with Crippen LogP contribution in [0.4, 0.5) is 0 Å². The third-order valence-electron chi connectivity index (χ3n) is 3.43. The van der Waals surface area contributed by atoms with Crippen LogP contribution in [0.3, 0.4) is 0 Å². The number of aliphatic hydroxyl groups is 2. The molecule has 0 aliphatic heterocycles. The highest BCUT2D eigenvalue weighted by atomic mass is 16.5. The Kier molecular flexibility index (Phi) is 6.87. The minimum Gasteiger partial charge on any atom is -0.493 e. The fraction of sp³-hybridized carbons (Fsp3) is 0.333. The van der Waals surface area contributed by atoms with Crippen LogP contribution >= 0.6 is 0 Å². The lowest BCUT2D eigenvalue weighted by Crippen LogP contribution is -2.21. The van der Waals surface area contributed by atoms with Gasteiger partial charge in [-0.15, -0.1) is 0 Å². The van der Waals surface area contributed by atoms with Crippen LogP contribution in [0.25, 0.3) is 0 Å². The normalized spacial score (nSPS) is 12.0. The second kappa shape index (κ2) is 9.15. The van der Waals surface area contributed by atoms with Crippen molar-refractivity contribution in [1.82, 2.24) is 5.32 Å². The van der Waals surface area contributed by atoms with Crippen molar-refractivity contribution in [2.45, 2.75) is 12.6 Å². The molecule has 3 N–H and O–H groups in total. The van der Waals surface area contributed by atoms with Crippen molar-refractivity contribution in [2.75, 3.05) is 26.9 Å². The van der Waals surface area contributed by atoms with Gasteiger partial charge >= 0.3 is 0 Å². The first-order valence-corrected chi connectivity index (χ1v) is 7.59. The van der Waals surface area contributed by atoms with E-state index in [0.717, 1.165) is 11.1 Å². The molecule has 0 saturated carbocycles. The van der Waals surface area contributed by atoms with Gasteiger partial charge in [-0.2, -0.15) is 0 Å². The largest absolute Gasteiger partial charge is 0.493 e. The molecule has 0 heterocycles. The van der Waals surface area contributed by atoms with E-state index in [1.165, 1.54) is 0 Å². The predicted molar refractivity (Wildman–Crippen MR) is 88.7 cm³/mol. The maximum absolute atomic E-state index is 10.1. The number of methoxy groups -OCH3 is 1. The molecular weight excluding hydrogens is 294 g/mol. The number of hydrogen-bond donors (Lipinski definition) is 3. The Hall–Kier alpha value is -2.08. The monoisotopic (exact) mass is 317 g/mol. The van der Waals surface area contributed by atoms with Crippen molar-refractivity contribution >= 4 is 0 Å². The van der Waals surface area contributed by atoms with E-state index in [2.05, 4.69) is 5.32 Å². The highest BCUT2D eigenvalue weighted by Gasteiger charge is 2.08. The lowest BCUT2D eigenvalue weighted by atomic mass is 10.1. The van der Waals surface area contributed by atoms with Gasteiger partial charge in [0.15, 0.2) is 11.5 Å². The average Bonchev–Trinajstić information content (AvgIpc) is 2.61. The molecule has 1 atom stereocenters. The molecular formula is C18H23NO4. The molecule has 0 spiro atoms. The van der Waals surface area contributed by atoms with Gasteiger partial charge in [0.2, 0.25) is 0 Å². The summed E-state index contributed by atoms with van der Waals surface area (Å²) < 4.78 is 10.7. The minimum atomic E-state index is -0.537. The summed E-state index contributed by atoms with van der Waals surface area (Å²) >= 11 is 0. The van der Waals surface area contributed by atoms with Crippen molar-refractivity contribution < 1.29 is 19.7 Å². The van der Waals surface area contributed by atoms with Gasteiger partial charge in [0.25, 0.3) is 0 Å². The van der Waals surface area contributed by atoms with E-state index in [0.29, 0.717) is 24.6 Å². The highest BCUT2D eigenvalue weighted by molar-refractivity contribution is 5.43. The molecule has 0 aliphatic carbocycles. The second-order valence-corrected chi connectivity index (χ2v) is 5.11. The summed E-state index contributed by atoms with van der Waals surface area (Å²) in [6.45, 7) is 1.27. The van der Waals surface area contributed by atoms with Crippen molar-refractivity contribution in [1.29, 1.82) is 0 Å². The third-order valence-corrected chi connectivity index (χ3v) is 3.43. The predicted octanol–water partition coefficient (Wildman–Crippen LogP) is 1.89. The first-order chi connectivity index (χ1) is 11.2. The minimum absolute atomic E-state index is 0.0379. The number of ether oxygens (including phenoxy) is 2. The zero-order valence-corrected chi connectivity index (χ0v) is 13.2. The summed E-state index contributed by atoms with van der Waals surface area (Å²) in [7, 11) is 1.58. The van der Waals surface area contributed by atoms with E-state index in [4.69, 9.17) is 14.6 Å². The molecule has 5 nitrogen and oxygen atoms in total. The number of rotatable bonds is 9. The van der Waals surface area contributed by atoms with Crippen molar-refractivity contribution in [3.05, 3.63) is 59.7 Å². The number of aliphatic hydroxyl groups excluding tert-OH is 2. The van der Waals surface area contributed by atoms with E-state index in [9.17, 15) is 5.11 Å². The molecule has 0 amide bonds. The quantitative estimate of drug-likeness (QED) is 0.659. The van der Waals surface area contributed by atoms with Gasteiger partial charge in [-0.1, -0.05) is 36.4 Å². The van der Waals surface area contributed by atoms with E-state index < -0.39 is 6.10 Å². The highest BCUT2D eigenvalue weighted by Crippen LogP contribution is 2.28. The van der Waals surface area contributed by atoms with E-state index in [1.807, 2.05) is 48.5 Å². The Labute approximate surface area is 136 Å². The molecule has 124 valence electrons. The molecule has 2 aromatic carbocycles. The molecule has 0 bridgehead atoms. The molecule has 0 radical (unpaired) electrons. The standard InChI is InChI=1S/C18H23NO4/c1-22-18-11-14(7-8-17(18)23-10-9-20)12-19-13-16(21)15-5-3-2-4-6-15/h2-8,11,16,19-21H,9-10,12-13H2,1H3/t16-/m0/s1. The summed E-state index contributed by atoms with van der Waals surface area (Å²) in [6.07, 6.45) is -0.537. The lowest BCUT2D eigenvalue weighted by molar-refractivity contribution is 0.174. The topological polar surface area (TPSA) is 71.0 Å². The SMILES string of the molecule is COc1cc(CNC[C@H](O)c2ccccc2)ccc1OCCO. The summed E-state index contributed by atoms with van der Waals surface area (Å²) in [5, 5.41) is 22.1. The average molecular weight is 317 g/mol. The van der Waals surface area contributed by atoms with Gasteiger partial charge in [-0.05, 0) is 23.3 Å². The van der Waals surface area contributed by atoms with Crippen LogP contribution in [0.2, 0.25) is 0 Å². The third kappa shape index (κ3) is 5.25. The van der Waals surface area contributed by atoms with E-state index >= 15 is 0 Å². The second-order valence-electron chi connectivity index (χ2n) is 5.11. The zero-order valence-electron chi connectivity index (χ0n) is 13.2. The molecule has 5 heteroatoms. The lowest BCUT2D eigenvalue weighted by Gasteiger charge is -2.14. The van der Waals surface area contributed by atoms with Crippen LogP contribution in [0.5, 0.6) is 11.5 Å².